The minimum Gasteiger partial charge on any atom is -0.497 e. The molecular weight excluding hydrogens is 247 g/mol. The van der Waals surface area contributed by atoms with E-state index in [2.05, 4.69) is 10.4 Å². The summed E-state index contributed by atoms with van der Waals surface area (Å²) in [7, 11) is 1.48. The Kier molecular flexibility index (Phi) is 3.94. The molecule has 0 aliphatic carbocycles. The average molecular weight is 262 g/mol. The molecule has 0 amide bonds. The lowest BCUT2D eigenvalue weighted by atomic mass is 9.99. The van der Waals surface area contributed by atoms with E-state index < -0.39 is 11.9 Å². The monoisotopic (exact) mass is 262 g/mol. The lowest BCUT2D eigenvalue weighted by Gasteiger charge is -2.19. The molecule has 2 rings (SSSR count). The highest BCUT2D eigenvalue weighted by atomic mass is 19.1. The van der Waals surface area contributed by atoms with Crippen LogP contribution < -0.4 is 21.7 Å². The Hall–Kier alpha value is -2.18. The van der Waals surface area contributed by atoms with Gasteiger partial charge in [-0.25, -0.2) is 9.82 Å². The second kappa shape index (κ2) is 5.64. The molecule has 0 radical (unpaired) electrons. The van der Waals surface area contributed by atoms with E-state index in [1.165, 1.54) is 13.2 Å². The van der Waals surface area contributed by atoms with Gasteiger partial charge in [0.25, 0.3) is 0 Å². The molecule has 1 heterocycles. The van der Waals surface area contributed by atoms with Crippen molar-refractivity contribution in [1.82, 2.24) is 10.4 Å². The fourth-order valence-corrected chi connectivity index (χ4v) is 1.87. The normalized spacial score (nSPS) is 12.2. The van der Waals surface area contributed by atoms with Crippen LogP contribution in [0.25, 0.3) is 0 Å². The second-order valence-electron chi connectivity index (χ2n) is 3.99. The maximum Gasteiger partial charge on any atom is 0.132 e. The summed E-state index contributed by atoms with van der Waals surface area (Å²) in [5, 5.41) is 0. The van der Waals surface area contributed by atoms with Crippen LogP contribution in [0.15, 0.2) is 36.7 Å². The van der Waals surface area contributed by atoms with Crippen molar-refractivity contribution >= 4 is 5.69 Å². The first-order chi connectivity index (χ1) is 9.17. The van der Waals surface area contributed by atoms with Crippen molar-refractivity contribution in [3.8, 4) is 5.75 Å². The number of pyridine rings is 1. The van der Waals surface area contributed by atoms with Crippen LogP contribution in [-0.4, -0.2) is 12.1 Å². The minimum absolute atomic E-state index is 0.378. The number of nitrogen functional groups attached to an aromatic ring is 1. The van der Waals surface area contributed by atoms with E-state index in [9.17, 15) is 4.39 Å². The Morgan fingerprint density at radius 1 is 1.32 bits per heavy atom. The van der Waals surface area contributed by atoms with Gasteiger partial charge in [-0.1, -0.05) is 6.07 Å². The highest BCUT2D eigenvalue weighted by Crippen LogP contribution is 2.28. The number of anilines is 1. The number of nitrogens with one attached hydrogen (secondary N) is 1. The molecule has 0 fully saturated rings. The maximum absolute atomic E-state index is 14.1. The average Bonchev–Trinajstić information content (AvgIpc) is 2.43. The number of rotatable bonds is 4. The first kappa shape index (κ1) is 13.3. The molecule has 0 saturated carbocycles. The second-order valence-corrected chi connectivity index (χ2v) is 3.99. The van der Waals surface area contributed by atoms with Crippen LogP contribution in [0.5, 0.6) is 5.75 Å². The molecule has 0 aliphatic rings. The van der Waals surface area contributed by atoms with Gasteiger partial charge in [-0.2, -0.15) is 0 Å². The first-order valence-corrected chi connectivity index (χ1v) is 5.66. The van der Waals surface area contributed by atoms with Gasteiger partial charge in [0.05, 0.1) is 13.2 Å². The quantitative estimate of drug-likeness (QED) is 0.572. The zero-order valence-electron chi connectivity index (χ0n) is 10.4. The number of methoxy groups -OCH3 is 1. The summed E-state index contributed by atoms with van der Waals surface area (Å²) in [4.78, 5) is 3.98. The largest absolute Gasteiger partial charge is 0.497 e. The predicted octanol–water partition coefficient (Wildman–Crippen LogP) is 1.36. The molecule has 1 aromatic heterocycles. The van der Waals surface area contributed by atoms with E-state index in [1.807, 2.05) is 0 Å². The topological polar surface area (TPSA) is 86.2 Å². The number of aromatic nitrogens is 1. The lowest BCUT2D eigenvalue weighted by molar-refractivity contribution is 0.410. The molecule has 5 nitrogen and oxygen atoms in total. The van der Waals surface area contributed by atoms with Crippen LogP contribution in [0.4, 0.5) is 10.1 Å². The van der Waals surface area contributed by atoms with E-state index in [1.54, 1.807) is 30.6 Å². The number of halogens is 1. The standard InChI is InChI=1S/C13H15FN4O/c1-19-8-2-3-9(11(14)6-8)13(18-16)10-7-17-5-4-12(10)15/h2-7,13,18H,16H2,1H3,(H2,15,17). The van der Waals surface area contributed by atoms with E-state index in [0.717, 1.165) is 0 Å². The smallest absolute Gasteiger partial charge is 0.132 e. The zero-order chi connectivity index (χ0) is 13.8. The van der Waals surface area contributed by atoms with Crippen molar-refractivity contribution in [2.45, 2.75) is 6.04 Å². The first-order valence-electron chi connectivity index (χ1n) is 5.66. The van der Waals surface area contributed by atoms with Crippen molar-refractivity contribution in [2.75, 3.05) is 12.8 Å². The van der Waals surface area contributed by atoms with Crippen molar-refractivity contribution in [1.29, 1.82) is 0 Å². The van der Waals surface area contributed by atoms with E-state index in [-0.39, 0.29) is 0 Å². The van der Waals surface area contributed by atoms with Gasteiger partial charge in [0.15, 0.2) is 0 Å². The molecule has 0 saturated heterocycles. The van der Waals surface area contributed by atoms with Gasteiger partial charge in [-0.15, -0.1) is 0 Å². The minimum atomic E-state index is -0.570. The van der Waals surface area contributed by atoms with Crippen molar-refractivity contribution < 1.29 is 9.13 Å². The fourth-order valence-electron chi connectivity index (χ4n) is 1.87. The van der Waals surface area contributed by atoms with E-state index >= 15 is 0 Å². The lowest BCUT2D eigenvalue weighted by Crippen LogP contribution is -2.30. The number of benzene rings is 1. The third kappa shape index (κ3) is 2.64. The van der Waals surface area contributed by atoms with Gasteiger partial charge >= 0.3 is 0 Å². The molecule has 1 atom stereocenters. The summed E-state index contributed by atoms with van der Waals surface area (Å²) in [6, 6.07) is 5.63. The Labute approximate surface area is 110 Å². The van der Waals surface area contributed by atoms with Crippen LogP contribution in [0.3, 0.4) is 0 Å². The van der Waals surface area contributed by atoms with Crippen molar-refractivity contribution in [3.63, 3.8) is 0 Å². The van der Waals surface area contributed by atoms with Crippen molar-refractivity contribution in [3.05, 3.63) is 53.6 Å². The molecular formula is C13H15FN4O. The Bertz CT molecular complexity index is 576. The number of hydrazine groups is 1. The summed E-state index contributed by atoms with van der Waals surface area (Å²) in [5.41, 5.74) is 9.90. The Morgan fingerprint density at radius 3 is 2.68 bits per heavy atom. The van der Waals surface area contributed by atoms with Crippen LogP contribution in [0.2, 0.25) is 0 Å². The molecule has 6 heteroatoms. The highest BCUT2D eigenvalue weighted by Gasteiger charge is 2.19. The molecule has 0 bridgehead atoms. The number of hydrogen-bond acceptors (Lipinski definition) is 5. The molecule has 19 heavy (non-hydrogen) atoms. The van der Waals surface area contributed by atoms with Crippen LogP contribution in [0.1, 0.15) is 17.2 Å². The van der Waals surface area contributed by atoms with Crippen molar-refractivity contribution in [2.24, 2.45) is 5.84 Å². The van der Waals surface area contributed by atoms with Gasteiger partial charge in [0.2, 0.25) is 0 Å². The molecule has 2 aromatic rings. The number of nitrogens with two attached hydrogens (primary N) is 2. The molecule has 0 spiro atoms. The molecule has 1 unspecified atom stereocenters. The summed E-state index contributed by atoms with van der Waals surface area (Å²) in [6.45, 7) is 0. The fraction of sp³-hybridized carbons (Fsp3) is 0.154. The van der Waals surface area contributed by atoms with Gasteiger partial charge in [0, 0.05) is 35.3 Å². The van der Waals surface area contributed by atoms with Gasteiger partial charge in [-0.05, 0) is 12.1 Å². The third-order valence-electron chi connectivity index (χ3n) is 2.88. The van der Waals surface area contributed by atoms with Crippen LogP contribution in [0, 0.1) is 5.82 Å². The summed E-state index contributed by atoms with van der Waals surface area (Å²) >= 11 is 0. The van der Waals surface area contributed by atoms with Crippen LogP contribution in [-0.2, 0) is 0 Å². The number of hydrogen-bond donors (Lipinski definition) is 3. The molecule has 5 N–H and O–H groups in total. The summed E-state index contributed by atoms with van der Waals surface area (Å²) < 4.78 is 19.0. The SMILES string of the molecule is COc1ccc(C(NN)c2cnccc2N)c(F)c1. The maximum atomic E-state index is 14.1. The van der Waals surface area contributed by atoms with E-state index in [0.29, 0.717) is 22.6 Å². The number of ether oxygens (including phenoxy) is 1. The van der Waals surface area contributed by atoms with Crippen LogP contribution >= 0.6 is 0 Å². The van der Waals surface area contributed by atoms with E-state index in [4.69, 9.17) is 16.3 Å². The summed E-state index contributed by atoms with van der Waals surface area (Å²) in [5.74, 6) is 5.53. The number of nitrogens with zero attached hydrogens (tertiary/aromatic N) is 1. The third-order valence-corrected chi connectivity index (χ3v) is 2.88. The predicted molar refractivity (Wildman–Crippen MR) is 70.8 cm³/mol. The zero-order valence-corrected chi connectivity index (χ0v) is 10.4. The molecule has 0 aliphatic heterocycles. The van der Waals surface area contributed by atoms with Gasteiger partial charge in [0.1, 0.15) is 11.6 Å². The van der Waals surface area contributed by atoms with Gasteiger partial charge in [-0.3, -0.25) is 10.8 Å². The highest BCUT2D eigenvalue weighted by molar-refractivity contribution is 5.50. The molecule has 100 valence electrons. The Balaban J connectivity index is 2.46. The van der Waals surface area contributed by atoms with Gasteiger partial charge < -0.3 is 10.5 Å². The molecule has 1 aromatic carbocycles. The Morgan fingerprint density at radius 2 is 2.11 bits per heavy atom. The summed E-state index contributed by atoms with van der Waals surface area (Å²) in [6.07, 6.45) is 3.13.